The second kappa shape index (κ2) is 9.93. The number of benzene rings is 2. The number of thiophene rings is 1. The molecule has 0 aliphatic rings. The van der Waals surface area contributed by atoms with Gasteiger partial charge in [0, 0.05) is 16.9 Å². The molecule has 7 nitrogen and oxygen atoms in total. The van der Waals surface area contributed by atoms with E-state index in [1.807, 2.05) is 24.4 Å². The van der Waals surface area contributed by atoms with Crippen LogP contribution in [0.15, 0.2) is 76.7 Å². The maximum Gasteiger partial charge on any atom is 0.255 e. The molecule has 32 heavy (non-hydrogen) atoms. The maximum absolute atomic E-state index is 12.5. The maximum atomic E-state index is 12.5. The molecular formula is C24H21N3O4S. The van der Waals surface area contributed by atoms with Gasteiger partial charge in [-0.2, -0.15) is 0 Å². The van der Waals surface area contributed by atoms with E-state index in [9.17, 15) is 9.59 Å². The van der Waals surface area contributed by atoms with Crippen molar-refractivity contribution in [3.05, 3.63) is 83.6 Å². The van der Waals surface area contributed by atoms with Crippen molar-refractivity contribution < 1.29 is 18.7 Å². The number of amides is 2. The fourth-order valence-electron chi connectivity index (χ4n) is 2.98. The minimum atomic E-state index is -0.240. The van der Waals surface area contributed by atoms with Gasteiger partial charge in [-0.15, -0.1) is 11.3 Å². The summed E-state index contributed by atoms with van der Waals surface area (Å²) in [7, 11) is 0. The molecular weight excluding hydrogens is 426 g/mol. The van der Waals surface area contributed by atoms with Gasteiger partial charge in [-0.1, -0.05) is 6.07 Å². The summed E-state index contributed by atoms with van der Waals surface area (Å²) >= 11 is 1.52. The van der Waals surface area contributed by atoms with Crippen molar-refractivity contribution >= 4 is 34.5 Å². The number of hydrogen-bond donors (Lipinski definition) is 2. The van der Waals surface area contributed by atoms with E-state index in [4.69, 9.17) is 9.15 Å². The van der Waals surface area contributed by atoms with Crippen molar-refractivity contribution in [2.75, 3.05) is 17.2 Å². The van der Waals surface area contributed by atoms with Crippen LogP contribution < -0.4 is 15.4 Å². The highest BCUT2D eigenvalue weighted by molar-refractivity contribution is 7.13. The number of nitrogens with zero attached hydrogens (tertiary/aromatic N) is 1. The third kappa shape index (κ3) is 5.41. The molecule has 0 saturated heterocycles. The lowest BCUT2D eigenvalue weighted by molar-refractivity contribution is -0.115. The van der Waals surface area contributed by atoms with E-state index < -0.39 is 0 Å². The van der Waals surface area contributed by atoms with Crippen molar-refractivity contribution in [1.29, 1.82) is 0 Å². The van der Waals surface area contributed by atoms with Crippen LogP contribution in [-0.2, 0) is 11.2 Å². The Labute approximate surface area is 189 Å². The highest BCUT2D eigenvalue weighted by Crippen LogP contribution is 2.24. The van der Waals surface area contributed by atoms with Crippen LogP contribution in [0.3, 0.4) is 0 Å². The molecule has 4 rings (SSSR count). The lowest BCUT2D eigenvalue weighted by Crippen LogP contribution is -2.15. The summed E-state index contributed by atoms with van der Waals surface area (Å²) in [6.07, 6.45) is 1.58. The zero-order valence-corrected chi connectivity index (χ0v) is 18.1. The van der Waals surface area contributed by atoms with E-state index >= 15 is 0 Å². The minimum absolute atomic E-state index is 0.0921. The summed E-state index contributed by atoms with van der Waals surface area (Å²) in [5.41, 5.74) is 2.30. The second-order valence-corrected chi connectivity index (χ2v) is 7.78. The molecule has 8 heteroatoms. The fraction of sp³-hybridized carbons (Fsp3) is 0.125. The van der Waals surface area contributed by atoms with E-state index in [1.54, 1.807) is 48.5 Å². The molecule has 2 aromatic heterocycles. The van der Waals surface area contributed by atoms with E-state index in [2.05, 4.69) is 15.6 Å². The summed E-state index contributed by atoms with van der Waals surface area (Å²) in [5, 5.41) is 7.58. The van der Waals surface area contributed by atoms with Crippen LogP contribution in [0.2, 0.25) is 0 Å². The molecule has 2 N–H and O–H groups in total. The smallest absolute Gasteiger partial charge is 0.255 e. The van der Waals surface area contributed by atoms with Gasteiger partial charge in [0.2, 0.25) is 11.8 Å². The predicted octanol–water partition coefficient (Wildman–Crippen LogP) is 5.24. The molecule has 4 aromatic rings. The van der Waals surface area contributed by atoms with Gasteiger partial charge < -0.3 is 19.8 Å². The van der Waals surface area contributed by atoms with Crippen LogP contribution in [-0.4, -0.2) is 23.4 Å². The molecule has 0 radical (unpaired) electrons. The summed E-state index contributed by atoms with van der Waals surface area (Å²) in [5.74, 6) is 0.794. The van der Waals surface area contributed by atoms with Crippen molar-refractivity contribution in [3.8, 4) is 16.5 Å². The van der Waals surface area contributed by atoms with Gasteiger partial charge in [-0.3, -0.25) is 9.59 Å². The molecule has 0 aliphatic carbocycles. The Morgan fingerprint density at radius 2 is 1.72 bits per heavy atom. The SMILES string of the molecule is CCOc1ccc(NC(=O)c2ccc(NC(=O)Cc3coc(-c4cccs4)n3)cc2)cc1. The number of carbonyl (C=O) groups excluding carboxylic acids is 2. The summed E-state index contributed by atoms with van der Waals surface area (Å²) in [6.45, 7) is 2.50. The molecule has 0 unspecified atom stereocenters. The number of oxazole rings is 1. The number of rotatable bonds is 8. The third-order valence-electron chi connectivity index (χ3n) is 4.48. The van der Waals surface area contributed by atoms with Gasteiger partial charge >= 0.3 is 0 Å². The number of carbonyl (C=O) groups is 2. The predicted molar refractivity (Wildman–Crippen MR) is 124 cm³/mol. The van der Waals surface area contributed by atoms with Crippen LogP contribution in [0, 0.1) is 0 Å². The van der Waals surface area contributed by atoms with E-state index in [1.165, 1.54) is 17.6 Å². The summed E-state index contributed by atoms with van der Waals surface area (Å²) in [6, 6.07) is 17.7. The summed E-state index contributed by atoms with van der Waals surface area (Å²) < 4.78 is 10.8. The molecule has 2 amide bonds. The number of aromatic nitrogens is 1. The monoisotopic (exact) mass is 447 g/mol. The molecule has 2 heterocycles. The number of hydrogen-bond acceptors (Lipinski definition) is 6. The molecule has 0 fully saturated rings. The average Bonchev–Trinajstić information content (AvgIpc) is 3.48. The first kappa shape index (κ1) is 21.3. The first-order chi connectivity index (χ1) is 15.6. The van der Waals surface area contributed by atoms with Crippen LogP contribution in [0.5, 0.6) is 5.75 Å². The van der Waals surface area contributed by atoms with Gasteiger partial charge in [-0.25, -0.2) is 4.98 Å². The largest absolute Gasteiger partial charge is 0.494 e. The molecule has 2 aromatic carbocycles. The first-order valence-corrected chi connectivity index (χ1v) is 10.9. The quantitative estimate of drug-likeness (QED) is 0.385. The van der Waals surface area contributed by atoms with E-state index in [0.717, 1.165) is 10.6 Å². The van der Waals surface area contributed by atoms with Gasteiger partial charge in [0.15, 0.2) is 0 Å². The molecule has 0 spiro atoms. The zero-order chi connectivity index (χ0) is 22.3. The number of nitrogens with one attached hydrogen (secondary N) is 2. The van der Waals surface area contributed by atoms with Gasteiger partial charge in [0.05, 0.1) is 23.6 Å². The van der Waals surface area contributed by atoms with Gasteiger partial charge in [0.1, 0.15) is 12.0 Å². The molecule has 0 aliphatic heterocycles. The normalized spacial score (nSPS) is 10.5. The fourth-order valence-corrected chi connectivity index (χ4v) is 3.64. The Balaban J connectivity index is 1.31. The van der Waals surface area contributed by atoms with Crippen LogP contribution >= 0.6 is 11.3 Å². The Bertz CT molecular complexity index is 1180. The van der Waals surface area contributed by atoms with Gasteiger partial charge in [0.25, 0.3) is 5.91 Å². The van der Waals surface area contributed by atoms with Crippen molar-refractivity contribution in [2.45, 2.75) is 13.3 Å². The molecule has 0 atom stereocenters. The third-order valence-corrected chi connectivity index (χ3v) is 5.34. The topological polar surface area (TPSA) is 93.5 Å². The molecule has 0 saturated carbocycles. The standard InChI is InChI=1S/C24H21N3O4S/c1-2-30-20-11-9-18(10-12-20)26-23(29)16-5-7-17(8-6-16)25-22(28)14-19-15-31-24(27-19)21-4-3-13-32-21/h3-13,15H,2,14H2,1H3,(H,25,28)(H,26,29). The van der Waals surface area contributed by atoms with Crippen molar-refractivity contribution in [2.24, 2.45) is 0 Å². The lowest BCUT2D eigenvalue weighted by atomic mass is 10.2. The molecule has 162 valence electrons. The Hall–Kier alpha value is -3.91. The van der Waals surface area contributed by atoms with Crippen molar-refractivity contribution in [1.82, 2.24) is 4.98 Å². The highest BCUT2D eigenvalue weighted by Gasteiger charge is 2.12. The van der Waals surface area contributed by atoms with E-state index in [-0.39, 0.29) is 18.2 Å². The van der Waals surface area contributed by atoms with Crippen LogP contribution in [0.4, 0.5) is 11.4 Å². The Morgan fingerprint density at radius 1 is 1.00 bits per heavy atom. The number of ether oxygens (including phenoxy) is 1. The lowest BCUT2D eigenvalue weighted by Gasteiger charge is -2.08. The van der Waals surface area contributed by atoms with Crippen molar-refractivity contribution in [3.63, 3.8) is 0 Å². The average molecular weight is 448 g/mol. The van der Waals surface area contributed by atoms with Crippen LogP contribution in [0.25, 0.3) is 10.8 Å². The summed E-state index contributed by atoms with van der Waals surface area (Å²) in [4.78, 5) is 30.0. The second-order valence-electron chi connectivity index (χ2n) is 6.84. The molecule has 0 bridgehead atoms. The van der Waals surface area contributed by atoms with Crippen LogP contribution in [0.1, 0.15) is 23.0 Å². The minimum Gasteiger partial charge on any atom is -0.494 e. The van der Waals surface area contributed by atoms with E-state index in [0.29, 0.717) is 35.1 Å². The highest BCUT2D eigenvalue weighted by atomic mass is 32.1. The Kier molecular flexibility index (Phi) is 6.62. The number of anilines is 2. The first-order valence-electron chi connectivity index (χ1n) is 10.0. The zero-order valence-electron chi connectivity index (χ0n) is 17.3. The Morgan fingerprint density at radius 3 is 2.41 bits per heavy atom. The van der Waals surface area contributed by atoms with Gasteiger partial charge in [-0.05, 0) is 66.9 Å².